The minimum absolute atomic E-state index is 0.590. The second-order valence-corrected chi connectivity index (χ2v) is 4.13. The van der Waals surface area contributed by atoms with Crippen LogP contribution in [0.25, 0.3) is 5.57 Å². The summed E-state index contributed by atoms with van der Waals surface area (Å²) in [6.45, 7) is 1.87. The molecule has 0 bridgehead atoms. The smallest absolute Gasteiger partial charge is 0.161 e. The normalized spacial score (nSPS) is 17.7. The molecule has 0 radical (unpaired) electrons. The Labute approximate surface area is 94.9 Å². The Bertz CT molecular complexity index is 451. The van der Waals surface area contributed by atoms with Gasteiger partial charge < -0.3 is 15.2 Å². The van der Waals surface area contributed by atoms with Crippen molar-refractivity contribution in [1.29, 1.82) is 0 Å². The molecule has 1 aromatic rings. The van der Waals surface area contributed by atoms with Crippen LogP contribution in [0.15, 0.2) is 18.2 Å². The zero-order valence-corrected chi connectivity index (χ0v) is 9.16. The summed E-state index contributed by atoms with van der Waals surface area (Å²) in [6.07, 6.45) is 4.35. The molecule has 2 N–H and O–H groups in total. The van der Waals surface area contributed by atoms with Crippen LogP contribution in [-0.4, -0.2) is 19.8 Å². The molecule has 0 saturated heterocycles. The first-order valence-corrected chi connectivity index (χ1v) is 5.70. The van der Waals surface area contributed by atoms with Crippen LogP contribution in [0, 0.1) is 0 Å². The van der Waals surface area contributed by atoms with E-state index in [0.717, 1.165) is 24.3 Å². The summed E-state index contributed by atoms with van der Waals surface area (Å²) in [5.41, 5.74) is 9.53. The highest BCUT2D eigenvalue weighted by atomic mass is 16.6. The van der Waals surface area contributed by atoms with E-state index in [1.165, 1.54) is 16.7 Å². The van der Waals surface area contributed by atoms with Crippen molar-refractivity contribution >= 4 is 5.57 Å². The van der Waals surface area contributed by atoms with Gasteiger partial charge in [-0.25, -0.2) is 0 Å². The molecule has 84 valence electrons. The molecule has 0 spiro atoms. The van der Waals surface area contributed by atoms with E-state index in [1.807, 2.05) is 0 Å². The molecule has 2 aliphatic rings. The van der Waals surface area contributed by atoms with Crippen molar-refractivity contribution in [3.63, 3.8) is 0 Å². The van der Waals surface area contributed by atoms with Crippen LogP contribution in [0.5, 0.6) is 11.5 Å². The Kier molecular flexibility index (Phi) is 2.33. The maximum atomic E-state index is 5.75. The van der Waals surface area contributed by atoms with Gasteiger partial charge in [0.05, 0.1) is 0 Å². The lowest BCUT2D eigenvalue weighted by Crippen LogP contribution is -2.17. The highest BCUT2D eigenvalue weighted by Gasteiger charge is 2.18. The Morgan fingerprint density at radius 2 is 1.88 bits per heavy atom. The van der Waals surface area contributed by atoms with Crippen LogP contribution in [0.3, 0.4) is 0 Å². The molecule has 1 heterocycles. The molecule has 1 aromatic carbocycles. The van der Waals surface area contributed by atoms with Crippen LogP contribution >= 0.6 is 0 Å². The lowest BCUT2D eigenvalue weighted by molar-refractivity contribution is 0.171. The second-order valence-electron chi connectivity index (χ2n) is 4.13. The fourth-order valence-corrected chi connectivity index (χ4v) is 2.34. The SMILES string of the molecule is NCC1=CCCc2cc3c(cc21)OCCO3. The van der Waals surface area contributed by atoms with Crippen molar-refractivity contribution in [2.45, 2.75) is 12.8 Å². The van der Waals surface area contributed by atoms with E-state index in [0.29, 0.717) is 19.8 Å². The van der Waals surface area contributed by atoms with Gasteiger partial charge in [0.2, 0.25) is 0 Å². The number of hydrogen-bond acceptors (Lipinski definition) is 3. The number of hydrogen-bond donors (Lipinski definition) is 1. The number of aryl methyl sites for hydroxylation is 1. The summed E-state index contributed by atoms with van der Waals surface area (Å²) in [5.74, 6) is 1.73. The first-order chi connectivity index (χ1) is 7.88. The summed E-state index contributed by atoms with van der Waals surface area (Å²) in [6, 6.07) is 4.17. The van der Waals surface area contributed by atoms with E-state index in [-0.39, 0.29) is 0 Å². The van der Waals surface area contributed by atoms with Gasteiger partial charge in [-0.2, -0.15) is 0 Å². The summed E-state index contributed by atoms with van der Waals surface area (Å²) >= 11 is 0. The molecular weight excluding hydrogens is 202 g/mol. The Morgan fingerprint density at radius 1 is 1.12 bits per heavy atom. The standard InChI is InChI=1S/C13H15NO2/c14-8-10-3-1-2-9-6-12-13(7-11(9)10)16-5-4-15-12/h3,6-7H,1-2,4-5,8,14H2. The highest BCUT2D eigenvalue weighted by Crippen LogP contribution is 2.37. The van der Waals surface area contributed by atoms with Gasteiger partial charge in [0.15, 0.2) is 11.5 Å². The third-order valence-electron chi connectivity index (χ3n) is 3.14. The third kappa shape index (κ3) is 1.48. The number of benzene rings is 1. The number of allylic oxidation sites excluding steroid dienone is 1. The van der Waals surface area contributed by atoms with E-state index in [1.54, 1.807) is 0 Å². The van der Waals surface area contributed by atoms with Gasteiger partial charge in [0.1, 0.15) is 13.2 Å². The van der Waals surface area contributed by atoms with Crippen LogP contribution in [0.4, 0.5) is 0 Å². The molecule has 3 rings (SSSR count). The number of fused-ring (bicyclic) bond motifs is 2. The molecule has 0 fully saturated rings. The minimum atomic E-state index is 0.590. The molecule has 0 aromatic heterocycles. The van der Waals surface area contributed by atoms with Crippen molar-refractivity contribution in [1.82, 2.24) is 0 Å². The zero-order chi connectivity index (χ0) is 11.0. The monoisotopic (exact) mass is 217 g/mol. The highest BCUT2D eigenvalue weighted by molar-refractivity contribution is 5.73. The maximum Gasteiger partial charge on any atom is 0.161 e. The topological polar surface area (TPSA) is 44.5 Å². The Hall–Kier alpha value is -1.48. The first kappa shape index (κ1) is 9.73. The summed E-state index contributed by atoms with van der Waals surface area (Å²) in [5, 5.41) is 0. The Balaban J connectivity index is 2.10. The number of ether oxygens (including phenoxy) is 2. The second kappa shape index (κ2) is 3.83. The van der Waals surface area contributed by atoms with E-state index in [2.05, 4.69) is 18.2 Å². The molecular formula is C13H15NO2. The van der Waals surface area contributed by atoms with Crippen molar-refractivity contribution in [3.8, 4) is 11.5 Å². The van der Waals surface area contributed by atoms with Crippen LogP contribution in [0.1, 0.15) is 17.5 Å². The van der Waals surface area contributed by atoms with Crippen LogP contribution < -0.4 is 15.2 Å². The zero-order valence-electron chi connectivity index (χ0n) is 9.16. The molecule has 1 aliphatic heterocycles. The number of rotatable bonds is 1. The van der Waals surface area contributed by atoms with Crippen molar-refractivity contribution in [2.24, 2.45) is 5.73 Å². The van der Waals surface area contributed by atoms with Gasteiger partial charge in [-0.1, -0.05) is 6.08 Å². The van der Waals surface area contributed by atoms with E-state index in [9.17, 15) is 0 Å². The molecule has 3 heteroatoms. The fourth-order valence-electron chi connectivity index (χ4n) is 2.34. The van der Waals surface area contributed by atoms with Crippen molar-refractivity contribution in [3.05, 3.63) is 29.3 Å². The molecule has 0 atom stereocenters. The van der Waals surface area contributed by atoms with E-state index in [4.69, 9.17) is 15.2 Å². The molecule has 1 aliphatic carbocycles. The molecule has 0 unspecified atom stereocenters. The van der Waals surface area contributed by atoms with Gasteiger partial charge in [-0.05, 0) is 41.7 Å². The Morgan fingerprint density at radius 3 is 2.62 bits per heavy atom. The van der Waals surface area contributed by atoms with Crippen molar-refractivity contribution in [2.75, 3.05) is 19.8 Å². The third-order valence-corrected chi connectivity index (χ3v) is 3.14. The van der Waals surface area contributed by atoms with Gasteiger partial charge in [-0.3, -0.25) is 0 Å². The lowest BCUT2D eigenvalue weighted by Gasteiger charge is -2.23. The van der Waals surface area contributed by atoms with Crippen molar-refractivity contribution < 1.29 is 9.47 Å². The average Bonchev–Trinajstić information content (AvgIpc) is 2.35. The minimum Gasteiger partial charge on any atom is -0.486 e. The average molecular weight is 217 g/mol. The summed E-state index contributed by atoms with van der Waals surface area (Å²) in [4.78, 5) is 0. The predicted octanol–water partition coefficient (Wildman–Crippen LogP) is 1.75. The van der Waals surface area contributed by atoms with E-state index >= 15 is 0 Å². The molecule has 0 saturated carbocycles. The van der Waals surface area contributed by atoms with Gasteiger partial charge in [-0.15, -0.1) is 0 Å². The van der Waals surface area contributed by atoms with E-state index < -0.39 is 0 Å². The summed E-state index contributed by atoms with van der Waals surface area (Å²) < 4.78 is 11.2. The fraction of sp³-hybridized carbons (Fsp3) is 0.385. The van der Waals surface area contributed by atoms with Gasteiger partial charge in [0, 0.05) is 6.54 Å². The first-order valence-electron chi connectivity index (χ1n) is 5.70. The maximum absolute atomic E-state index is 5.75. The largest absolute Gasteiger partial charge is 0.486 e. The molecule has 3 nitrogen and oxygen atoms in total. The summed E-state index contributed by atoms with van der Waals surface area (Å²) in [7, 11) is 0. The predicted molar refractivity (Wildman–Crippen MR) is 62.8 cm³/mol. The van der Waals surface area contributed by atoms with Crippen LogP contribution in [0.2, 0.25) is 0 Å². The van der Waals surface area contributed by atoms with Crippen LogP contribution in [-0.2, 0) is 6.42 Å². The molecule has 0 amide bonds. The van der Waals surface area contributed by atoms with Gasteiger partial charge >= 0.3 is 0 Å². The molecule has 16 heavy (non-hydrogen) atoms. The quantitative estimate of drug-likeness (QED) is 0.779. The van der Waals surface area contributed by atoms with Gasteiger partial charge in [0.25, 0.3) is 0 Å². The number of nitrogens with two attached hydrogens (primary N) is 1. The lowest BCUT2D eigenvalue weighted by atomic mass is 9.90.